The van der Waals surface area contributed by atoms with Crippen molar-refractivity contribution in [2.24, 2.45) is 11.8 Å². The molecule has 0 aliphatic heterocycles. The van der Waals surface area contributed by atoms with Crippen LogP contribution in [0.2, 0.25) is 0 Å². The topological polar surface area (TPSA) is 105 Å². The van der Waals surface area contributed by atoms with Crippen molar-refractivity contribution in [1.29, 1.82) is 0 Å². The van der Waals surface area contributed by atoms with Gasteiger partial charge in [-0.25, -0.2) is 4.79 Å². The number of rotatable bonds is 9. The molecule has 7 heteroatoms. The van der Waals surface area contributed by atoms with Gasteiger partial charge in [-0.15, -0.1) is 0 Å². The lowest BCUT2D eigenvalue weighted by atomic mass is 9.78. The molecule has 0 saturated heterocycles. The zero-order chi connectivity index (χ0) is 24.2. The minimum Gasteiger partial charge on any atom is -0.481 e. The van der Waals surface area contributed by atoms with Crippen LogP contribution >= 0.6 is 0 Å². The van der Waals surface area contributed by atoms with Crippen LogP contribution in [-0.2, 0) is 14.3 Å². The molecular weight excluding hydrogens is 432 g/mol. The number of carboxylic acids is 1. The second-order valence-corrected chi connectivity index (χ2v) is 9.47. The number of hydrogen-bond donors (Lipinski definition) is 3. The maximum absolute atomic E-state index is 12.9. The number of alkyl carbamates (subject to hydrolysis) is 1. The van der Waals surface area contributed by atoms with E-state index in [4.69, 9.17) is 9.84 Å². The number of carboxylic acid groups (broad SMARTS) is 1. The van der Waals surface area contributed by atoms with Crippen molar-refractivity contribution in [2.45, 2.75) is 57.5 Å². The maximum atomic E-state index is 12.9. The normalized spacial score (nSPS) is 20.3. The van der Waals surface area contributed by atoms with Gasteiger partial charge in [0, 0.05) is 18.4 Å². The predicted octanol–water partition coefficient (Wildman–Crippen LogP) is 4.31. The first-order chi connectivity index (χ1) is 16.4. The molecule has 2 atom stereocenters. The van der Waals surface area contributed by atoms with E-state index in [0.717, 1.165) is 22.3 Å². The molecule has 2 aromatic rings. The fraction of sp³-hybridized carbons (Fsp3) is 0.444. The van der Waals surface area contributed by atoms with E-state index in [1.807, 2.05) is 38.1 Å². The molecule has 1 saturated carbocycles. The van der Waals surface area contributed by atoms with Gasteiger partial charge in [-0.1, -0.05) is 68.8 Å². The molecule has 3 N–H and O–H groups in total. The van der Waals surface area contributed by atoms with Crippen molar-refractivity contribution < 1.29 is 24.2 Å². The highest BCUT2D eigenvalue weighted by Crippen LogP contribution is 2.44. The lowest BCUT2D eigenvalue weighted by Crippen LogP contribution is -2.55. The van der Waals surface area contributed by atoms with E-state index < -0.39 is 18.1 Å². The summed E-state index contributed by atoms with van der Waals surface area (Å²) in [6.45, 7) is 4.08. The summed E-state index contributed by atoms with van der Waals surface area (Å²) in [5, 5.41) is 14.6. The van der Waals surface area contributed by atoms with Crippen LogP contribution in [0.5, 0.6) is 0 Å². The maximum Gasteiger partial charge on any atom is 0.407 e. The molecule has 7 nitrogen and oxygen atoms in total. The molecule has 0 heterocycles. The van der Waals surface area contributed by atoms with Gasteiger partial charge < -0.3 is 20.5 Å². The lowest BCUT2D eigenvalue weighted by molar-refractivity contribution is -0.139. The average molecular weight is 465 g/mol. The molecule has 4 rings (SSSR count). The van der Waals surface area contributed by atoms with Crippen LogP contribution in [-0.4, -0.2) is 41.8 Å². The first-order valence-electron chi connectivity index (χ1n) is 12.0. The van der Waals surface area contributed by atoms with Crippen LogP contribution in [0.4, 0.5) is 4.79 Å². The Bertz CT molecular complexity index is 1020. The first-order valence-corrected chi connectivity index (χ1v) is 12.0. The van der Waals surface area contributed by atoms with Crippen molar-refractivity contribution in [2.75, 3.05) is 6.61 Å². The third kappa shape index (κ3) is 5.08. The molecule has 180 valence electrons. The summed E-state index contributed by atoms with van der Waals surface area (Å²) in [6, 6.07) is 15.5. The molecule has 0 spiro atoms. The number of fused-ring (bicyclic) bond motifs is 3. The van der Waals surface area contributed by atoms with Gasteiger partial charge in [0.15, 0.2) is 0 Å². The Morgan fingerprint density at radius 1 is 1.03 bits per heavy atom. The minimum absolute atomic E-state index is 0.0461. The van der Waals surface area contributed by atoms with E-state index in [-0.39, 0.29) is 42.7 Å². The van der Waals surface area contributed by atoms with Crippen LogP contribution < -0.4 is 10.6 Å². The number of aliphatic carboxylic acids is 1. The van der Waals surface area contributed by atoms with E-state index in [1.54, 1.807) is 0 Å². The van der Waals surface area contributed by atoms with Crippen LogP contribution in [0.25, 0.3) is 11.1 Å². The van der Waals surface area contributed by atoms with E-state index in [2.05, 4.69) is 34.9 Å². The SMILES string of the molecule is CCC(C)[C@H](NC(=O)OCC1c2ccccc2-c2ccccc21)C(=O)NC1CC(CC(=O)O)C1. The fourth-order valence-corrected chi connectivity index (χ4v) is 5.03. The highest BCUT2D eigenvalue weighted by Gasteiger charge is 2.35. The number of nitrogens with one attached hydrogen (secondary N) is 2. The van der Waals surface area contributed by atoms with Crippen molar-refractivity contribution in [3.05, 3.63) is 59.7 Å². The van der Waals surface area contributed by atoms with Crippen LogP contribution in [0.15, 0.2) is 48.5 Å². The molecule has 2 aliphatic carbocycles. The van der Waals surface area contributed by atoms with Gasteiger partial charge in [0.05, 0.1) is 0 Å². The van der Waals surface area contributed by atoms with Gasteiger partial charge in [-0.05, 0) is 46.9 Å². The zero-order valence-electron chi connectivity index (χ0n) is 19.6. The predicted molar refractivity (Wildman–Crippen MR) is 128 cm³/mol. The summed E-state index contributed by atoms with van der Waals surface area (Å²) in [5.74, 6) is -1.09. The number of ether oxygens (including phenoxy) is 1. The Morgan fingerprint density at radius 2 is 1.62 bits per heavy atom. The van der Waals surface area contributed by atoms with Gasteiger partial charge in [-0.2, -0.15) is 0 Å². The van der Waals surface area contributed by atoms with E-state index >= 15 is 0 Å². The lowest BCUT2D eigenvalue weighted by Gasteiger charge is -2.36. The molecule has 0 bridgehead atoms. The summed E-state index contributed by atoms with van der Waals surface area (Å²) in [4.78, 5) is 36.5. The second kappa shape index (κ2) is 10.3. The molecule has 1 unspecified atom stereocenters. The molecular formula is C27H32N2O5. The Kier molecular flexibility index (Phi) is 7.20. The minimum atomic E-state index is -0.816. The summed E-state index contributed by atoms with van der Waals surface area (Å²) in [6.07, 6.45) is 1.53. The quantitative estimate of drug-likeness (QED) is 0.513. The first kappa shape index (κ1) is 23.8. The molecule has 2 aliphatic rings. The monoisotopic (exact) mass is 464 g/mol. The molecule has 2 aromatic carbocycles. The molecule has 0 aromatic heterocycles. The van der Waals surface area contributed by atoms with Crippen molar-refractivity contribution in [3.63, 3.8) is 0 Å². The Labute approximate surface area is 199 Å². The van der Waals surface area contributed by atoms with E-state index in [9.17, 15) is 14.4 Å². The number of carbonyl (C=O) groups excluding carboxylic acids is 2. The molecule has 1 fully saturated rings. The summed E-state index contributed by atoms with van der Waals surface area (Å²) < 4.78 is 5.63. The molecule has 0 radical (unpaired) electrons. The Hall–Kier alpha value is -3.35. The molecule has 34 heavy (non-hydrogen) atoms. The largest absolute Gasteiger partial charge is 0.481 e. The van der Waals surface area contributed by atoms with Gasteiger partial charge in [0.1, 0.15) is 12.6 Å². The molecule has 2 amide bonds. The average Bonchev–Trinajstić information content (AvgIpc) is 3.12. The van der Waals surface area contributed by atoms with E-state index in [0.29, 0.717) is 19.3 Å². The van der Waals surface area contributed by atoms with Gasteiger partial charge in [-0.3, -0.25) is 9.59 Å². The van der Waals surface area contributed by atoms with Gasteiger partial charge in [0.2, 0.25) is 5.91 Å². The third-order valence-corrected chi connectivity index (χ3v) is 7.16. The zero-order valence-corrected chi connectivity index (χ0v) is 19.6. The van der Waals surface area contributed by atoms with Crippen molar-refractivity contribution >= 4 is 18.0 Å². The van der Waals surface area contributed by atoms with Crippen LogP contribution in [0.1, 0.15) is 56.6 Å². The highest BCUT2D eigenvalue weighted by molar-refractivity contribution is 5.86. The third-order valence-electron chi connectivity index (χ3n) is 7.16. The summed E-state index contributed by atoms with van der Waals surface area (Å²) in [7, 11) is 0. The summed E-state index contributed by atoms with van der Waals surface area (Å²) in [5.41, 5.74) is 4.58. The van der Waals surface area contributed by atoms with Crippen molar-refractivity contribution in [1.82, 2.24) is 10.6 Å². The number of hydrogen-bond acceptors (Lipinski definition) is 4. The number of benzene rings is 2. The fourth-order valence-electron chi connectivity index (χ4n) is 5.03. The van der Waals surface area contributed by atoms with Crippen LogP contribution in [0.3, 0.4) is 0 Å². The van der Waals surface area contributed by atoms with Crippen LogP contribution in [0, 0.1) is 11.8 Å². The standard InChI is InChI=1S/C27H32N2O5/c1-3-16(2)25(26(32)28-18-12-17(13-18)14-24(30)31)29-27(33)34-15-23-21-10-6-4-8-19(21)20-9-5-7-11-22(20)23/h4-11,16-18,23,25H,3,12-15H2,1-2H3,(H,28,32)(H,29,33)(H,30,31)/t16?,17?,18?,25-/m0/s1. The highest BCUT2D eigenvalue weighted by atomic mass is 16.5. The summed E-state index contributed by atoms with van der Waals surface area (Å²) >= 11 is 0. The number of carbonyl (C=O) groups is 3. The van der Waals surface area contributed by atoms with Gasteiger partial charge in [0.25, 0.3) is 0 Å². The van der Waals surface area contributed by atoms with Crippen molar-refractivity contribution in [3.8, 4) is 11.1 Å². The Morgan fingerprint density at radius 3 is 2.18 bits per heavy atom. The Balaban J connectivity index is 1.35. The second-order valence-electron chi connectivity index (χ2n) is 9.47. The van der Waals surface area contributed by atoms with E-state index in [1.165, 1.54) is 0 Å². The number of amides is 2. The smallest absolute Gasteiger partial charge is 0.407 e. The van der Waals surface area contributed by atoms with Gasteiger partial charge >= 0.3 is 12.1 Å².